The smallest absolute Gasteiger partial charge is 0.305 e. The molecule has 0 radical (unpaired) electrons. The van der Waals surface area contributed by atoms with Crippen LogP contribution in [0.2, 0.25) is 0 Å². The molecule has 0 aliphatic carbocycles. The Morgan fingerprint density at radius 2 is 2.18 bits per heavy atom. The van der Waals surface area contributed by atoms with Gasteiger partial charge >= 0.3 is 5.69 Å². The number of hydrogen-bond donors (Lipinski definition) is 1. The van der Waals surface area contributed by atoms with Gasteiger partial charge in [0.25, 0.3) is 0 Å². The van der Waals surface area contributed by atoms with Gasteiger partial charge in [0.05, 0.1) is 4.92 Å². The van der Waals surface area contributed by atoms with Crippen LogP contribution in [0.1, 0.15) is 12.0 Å². The zero-order valence-corrected chi connectivity index (χ0v) is 9.54. The van der Waals surface area contributed by atoms with Crippen molar-refractivity contribution in [1.29, 1.82) is 0 Å². The molecule has 8 heteroatoms. The van der Waals surface area contributed by atoms with E-state index >= 15 is 0 Å². The summed E-state index contributed by atoms with van der Waals surface area (Å²) in [6.45, 7) is 0.237. The van der Waals surface area contributed by atoms with Gasteiger partial charge in [0, 0.05) is 23.9 Å². The van der Waals surface area contributed by atoms with E-state index in [0.29, 0.717) is 18.4 Å². The summed E-state index contributed by atoms with van der Waals surface area (Å²) in [7, 11) is 0. The number of hydrogen-bond acceptors (Lipinski definition) is 4. The highest BCUT2D eigenvalue weighted by molar-refractivity contribution is 7.77. The van der Waals surface area contributed by atoms with Crippen LogP contribution in [0.15, 0.2) is 18.2 Å². The van der Waals surface area contributed by atoms with Crippen molar-refractivity contribution in [2.45, 2.75) is 12.8 Å². The van der Waals surface area contributed by atoms with Crippen molar-refractivity contribution in [3.8, 4) is 0 Å². The fourth-order valence-electron chi connectivity index (χ4n) is 1.30. The van der Waals surface area contributed by atoms with Crippen LogP contribution in [0.4, 0.5) is 10.1 Å². The number of benzene rings is 1. The molecule has 0 heterocycles. The summed E-state index contributed by atoms with van der Waals surface area (Å²) in [5.41, 5.74) is 0.0273. The van der Waals surface area contributed by atoms with Gasteiger partial charge in [-0.15, -0.1) is 0 Å². The number of nitrogens with zero attached hydrogens (tertiary/aromatic N) is 1. The van der Waals surface area contributed by atoms with E-state index in [4.69, 9.17) is 0 Å². The number of nitro groups is 1. The summed E-state index contributed by atoms with van der Waals surface area (Å²) in [5, 5.41) is 10.5. The molecular weight excluding hydrogens is 251 g/mol. The van der Waals surface area contributed by atoms with Crippen molar-refractivity contribution >= 4 is 17.0 Å². The van der Waals surface area contributed by atoms with Crippen LogP contribution in [0, 0.1) is 15.9 Å². The molecule has 0 saturated heterocycles. The second-order valence-corrected chi connectivity index (χ2v) is 4.03. The largest absolute Gasteiger partial charge is 0.760 e. The van der Waals surface area contributed by atoms with Crippen molar-refractivity contribution in [3.63, 3.8) is 0 Å². The summed E-state index contributed by atoms with van der Waals surface area (Å²) in [4.78, 5) is 9.68. The first-order chi connectivity index (χ1) is 8.00. The van der Waals surface area contributed by atoms with Crippen LogP contribution in [0.5, 0.6) is 0 Å². The van der Waals surface area contributed by atoms with Crippen molar-refractivity contribution in [2.75, 3.05) is 6.54 Å². The van der Waals surface area contributed by atoms with Crippen molar-refractivity contribution in [2.24, 2.45) is 0 Å². The summed E-state index contributed by atoms with van der Waals surface area (Å²) in [6, 6.07) is 3.63. The lowest BCUT2D eigenvalue weighted by molar-refractivity contribution is -0.387. The van der Waals surface area contributed by atoms with Gasteiger partial charge in [0.1, 0.15) is 0 Å². The molecule has 94 valence electrons. The van der Waals surface area contributed by atoms with E-state index in [1.165, 1.54) is 6.07 Å². The van der Waals surface area contributed by atoms with Gasteiger partial charge in [0.15, 0.2) is 0 Å². The lowest BCUT2D eigenvalue weighted by atomic mass is 10.1. The first-order valence-electron chi connectivity index (χ1n) is 4.76. The molecule has 0 bridgehead atoms. The van der Waals surface area contributed by atoms with Gasteiger partial charge in [-0.05, 0) is 24.5 Å². The highest BCUT2D eigenvalue weighted by Crippen LogP contribution is 2.19. The molecular formula is C9H10FN2O4S-. The molecule has 1 rings (SSSR count). The molecule has 1 atom stereocenters. The Kier molecular flexibility index (Phi) is 5.13. The molecule has 0 aromatic heterocycles. The minimum atomic E-state index is -2.31. The predicted molar refractivity (Wildman–Crippen MR) is 58.3 cm³/mol. The number of nitro benzene ring substituents is 1. The quantitative estimate of drug-likeness (QED) is 0.358. The van der Waals surface area contributed by atoms with Crippen molar-refractivity contribution < 1.29 is 18.1 Å². The maximum Gasteiger partial charge on any atom is 0.305 e. The monoisotopic (exact) mass is 261 g/mol. The Labute approximate surface area is 99.4 Å². The van der Waals surface area contributed by atoms with Gasteiger partial charge in [-0.2, -0.15) is 4.39 Å². The minimum Gasteiger partial charge on any atom is -0.760 e. The standard InChI is InChI=1S/C9H11FN2O4S/c10-8-4-3-7(6-9(8)12(13)14)2-1-5-11-17(15)16/h3-4,6,11H,1-2,5H2,(H,15,16)/p-1. The van der Waals surface area contributed by atoms with Gasteiger partial charge in [0.2, 0.25) is 5.82 Å². The summed E-state index contributed by atoms with van der Waals surface area (Å²) in [5.74, 6) is -0.877. The van der Waals surface area contributed by atoms with E-state index in [1.807, 2.05) is 0 Å². The fourth-order valence-corrected chi connectivity index (χ4v) is 1.61. The molecule has 0 amide bonds. The molecule has 0 aliphatic rings. The molecule has 6 nitrogen and oxygen atoms in total. The van der Waals surface area contributed by atoms with E-state index in [9.17, 15) is 23.3 Å². The highest BCUT2D eigenvalue weighted by Gasteiger charge is 2.13. The molecule has 1 aromatic rings. The lowest BCUT2D eigenvalue weighted by Crippen LogP contribution is -2.18. The van der Waals surface area contributed by atoms with Crippen LogP contribution in [0.25, 0.3) is 0 Å². The van der Waals surface area contributed by atoms with Crippen molar-refractivity contribution in [3.05, 3.63) is 39.7 Å². The fraction of sp³-hybridized carbons (Fsp3) is 0.333. The first-order valence-corrected chi connectivity index (χ1v) is 5.84. The Hall–Kier alpha value is -1.38. The molecule has 1 unspecified atom stereocenters. The van der Waals surface area contributed by atoms with Gasteiger partial charge in [-0.1, -0.05) is 6.07 Å². The van der Waals surface area contributed by atoms with E-state index in [-0.39, 0.29) is 6.54 Å². The van der Waals surface area contributed by atoms with Crippen LogP contribution in [0.3, 0.4) is 0 Å². The van der Waals surface area contributed by atoms with Crippen LogP contribution < -0.4 is 4.72 Å². The lowest BCUT2D eigenvalue weighted by Gasteiger charge is -2.06. The second kappa shape index (κ2) is 6.38. The molecule has 0 spiro atoms. The van der Waals surface area contributed by atoms with E-state index in [1.54, 1.807) is 0 Å². The SMILES string of the molecule is O=[N+]([O-])c1cc(CCCNS(=O)[O-])ccc1F. The average Bonchev–Trinajstić information content (AvgIpc) is 2.25. The number of aryl methyl sites for hydroxylation is 1. The molecule has 1 aromatic carbocycles. The number of nitrogens with one attached hydrogen (secondary N) is 1. The van der Waals surface area contributed by atoms with Gasteiger partial charge in [-0.3, -0.25) is 14.3 Å². The Bertz CT molecular complexity index is 441. The van der Waals surface area contributed by atoms with Crippen LogP contribution in [-0.2, 0) is 17.7 Å². The number of rotatable bonds is 6. The molecule has 0 saturated carbocycles. The zero-order chi connectivity index (χ0) is 12.8. The van der Waals surface area contributed by atoms with Gasteiger partial charge in [-0.25, -0.2) is 4.72 Å². The first kappa shape index (κ1) is 13.7. The maximum absolute atomic E-state index is 13.0. The van der Waals surface area contributed by atoms with E-state index in [2.05, 4.69) is 4.72 Å². The van der Waals surface area contributed by atoms with Crippen LogP contribution >= 0.6 is 0 Å². The molecule has 1 N–H and O–H groups in total. The summed E-state index contributed by atoms with van der Waals surface area (Å²) in [6.07, 6.45) is 0.919. The van der Waals surface area contributed by atoms with Gasteiger partial charge < -0.3 is 4.55 Å². The highest BCUT2D eigenvalue weighted by atomic mass is 32.2. The normalized spacial score (nSPS) is 12.4. The third-order valence-electron chi connectivity index (χ3n) is 2.07. The second-order valence-electron chi connectivity index (χ2n) is 3.28. The molecule has 0 fully saturated rings. The van der Waals surface area contributed by atoms with Crippen molar-refractivity contribution in [1.82, 2.24) is 4.72 Å². The molecule has 17 heavy (non-hydrogen) atoms. The predicted octanol–water partition coefficient (Wildman–Crippen LogP) is 1.05. The third-order valence-corrected chi connectivity index (χ3v) is 2.51. The minimum absolute atomic E-state index is 0.237. The Morgan fingerprint density at radius 3 is 2.76 bits per heavy atom. The van der Waals surface area contributed by atoms with Crippen LogP contribution in [-0.4, -0.2) is 20.2 Å². The Morgan fingerprint density at radius 1 is 1.47 bits per heavy atom. The Balaban J connectivity index is 2.57. The average molecular weight is 261 g/mol. The topological polar surface area (TPSA) is 95.3 Å². The summed E-state index contributed by atoms with van der Waals surface area (Å²) >= 11 is -2.31. The maximum atomic E-state index is 13.0. The third kappa shape index (κ3) is 4.55. The summed E-state index contributed by atoms with van der Waals surface area (Å²) < 4.78 is 35.4. The molecule has 0 aliphatic heterocycles. The zero-order valence-electron chi connectivity index (χ0n) is 8.72. The number of halogens is 1. The van der Waals surface area contributed by atoms with E-state index < -0.39 is 27.7 Å². The van der Waals surface area contributed by atoms with E-state index in [0.717, 1.165) is 12.1 Å².